The largest absolute Gasteiger partial charge is 0.317 e. The number of hydrogen-bond acceptors (Lipinski definition) is 5. The van der Waals surface area contributed by atoms with Gasteiger partial charge in [0.1, 0.15) is 6.33 Å². The highest BCUT2D eigenvalue weighted by Crippen LogP contribution is 2.21. The third-order valence-electron chi connectivity index (χ3n) is 3.68. The van der Waals surface area contributed by atoms with Crippen molar-refractivity contribution >= 4 is 21.5 Å². The SMILES string of the molecule is CC(=O)c1ccc(S(=O)(=O)Nc2ccc(-c3nncn3C)cc2)cc1. The van der Waals surface area contributed by atoms with E-state index in [-0.39, 0.29) is 10.7 Å². The van der Waals surface area contributed by atoms with Gasteiger partial charge in [-0.05, 0) is 43.3 Å². The molecule has 0 saturated heterocycles. The lowest BCUT2D eigenvalue weighted by molar-refractivity contribution is 0.101. The Morgan fingerprint density at radius 3 is 2.20 bits per heavy atom. The van der Waals surface area contributed by atoms with Gasteiger partial charge in [0.15, 0.2) is 11.6 Å². The molecule has 128 valence electrons. The molecule has 0 spiro atoms. The van der Waals surface area contributed by atoms with Crippen LogP contribution in [-0.4, -0.2) is 29.0 Å². The highest BCUT2D eigenvalue weighted by Gasteiger charge is 2.15. The zero-order valence-corrected chi connectivity index (χ0v) is 14.5. The molecule has 3 rings (SSSR count). The minimum atomic E-state index is -3.73. The maximum absolute atomic E-state index is 12.4. The predicted octanol–water partition coefficient (Wildman–Crippen LogP) is 2.49. The molecule has 0 unspecified atom stereocenters. The first kappa shape index (κ1) is 16.8. The average molecular weight is 356 g/mol. The number of hydrogen-bond donors (Lipinski definition) is 1. The molecular formula is C17H16N4O3S. The maximum Gasteiger partial charge on any atom is 0.261 e. The van der Waals surface area contributed by atoms with Crippen molar-refractivity contribution in [2.45, 2.75) is 11.8 Å². The summed E-state index contributed by atoms with van der Waals surface area (Å²) in [6, 6.07) is 12.7. The molecule has 0 bridgehead atoms. The summed E-state index contributed by atoms with van der Waals surface area (Å²) in [5.41, 5.74) is 1.72. The van der Waals surface area contributed by atoms with Crippen molar-refractivity contribution in [3.8, 4) is 11.4 Å². The Balaban J connectivity index is 1.81. The monoisotopic (exact) mass is 356 g/mol. The van der Waals surface area contributed by atoms with Crippen LogP contribution in [0.5, 0.6) is 0 Å². The molecule has 1 heterocycles. The Bertz CT molecular complexity index is 1010. The molecule has 0 atom stereocenters. The van der Waals surface area contributed by atoms with Gasteiger partial charge in [0, 0.05) is 23.9 Å². The number of nitrogens with one attached hydrogen (secondary N) is 1. The lowest BCUT2D eigenvalue weighted by Crippen LogP contribution is -2.13. The number of Topliss-reactive ketones (excluding diaryl/α,β-unsaturated/α-hetero) is 1. The van der Waals surface area contributed by atoms with E-state index in [1.54, 1.807) is 35.2 Å². The van der Waals surface area contributed by atoms with Gasteiger partial charge in [-0.25, -0.2) is 8.42 Å². The quantitative estimate of drug-likeness (QED) is 0.709. The Labute approximate surface area is 145 Å². The van der Waals surface area contributed by atoms with Gasteiger partial charge in [-0.1, -0.05) is 12.1 Å². The number of aromatic nitrogens is 3. The second-order valence-corrected chi connectivity index (χ2v) is 7.21. The second-order valence-electron chi connectivity index (χ2n) is 5.53. The first-order chi connectivity index (χ1) is 11.9. The molecule has 25 heavy (non-hydrogen) atoms. The van der Waals surface area contributed by atoms with Gasteiger partial charge in [0.25, 0.3) is 10.0 Å². The molecular weight excluding hydrogens is 340 g/mol. The lowest BCUT2D eigenvalue weighted by Gasteiger charge is -2.09. The zero-order valence-electron chi connectivity index (χ0n) is 13.7. The summed E-state index contributed by atoms with van der Waals surface area (Å²) in [5, 5.41) is 7.82. The van der Waals surface area contributed by atoms with Crippen molar-refractivity contribution in [1.82, 2.24) is 14.8 Å². The zero-order chi connectivity index (χ0) is 18.0. The molecule has 0 aliphatic rings. The summed E-state index contributed by atoms with van der Waals surface area (Å²) in [4.78, 5) is 11.4. The molecule has 7 nitrogen and oxygen atoms in total. The molecule has 8 heteroatoms. The Hall–Kier alpha value is -3.00. The van der Waals surface area contributed by atoms with Crippen molar-refractivity contribution < 1.29 is 13.2 Å². The number of aryl methyl sites for hydroxylation is 1. The third kappa shape index (κ3) is 3.58. The molecule has 0 saturated carbocycles. The molecule has 3 aromatic rings. The van der Waals surface area contributed by atoms with E-state index in [1.807, 2.05) is 7.05 Å². The lowest BCUT2D eigenvalue weighted by atomic mass is 10.2. The first-order valence-electron chi connectivity index (χ1n) is 7.45. The summed E-state index contributed by atoms with van der Waals surface area (Å²) in [6.45, 7) is 1.43. The van der Waals surface area contributed by atoms with Gasteiger partial charge in [-0.2, -0.15) is 0 Å². The van der Waals surface area contributed by atoms with E-state index in [2.05, 4.69) is 14.9 Å². The van der Waals surface area contributed by atoms with Gasteiger partial charge >= 0.3 is 0 Å². The number of carbonyl (C=O) groups is 1. The van der Waals surface area contributed by atoms with Gasteiger partial charge in [-0.15, -0.1) is 10.2 Å². The van der Waals surface area contributed by atoms with Crippen molar-refractivity contribution in [2.24, 2.45) is 7.05 Å². The number of sulfonamides is 1. The van der Waals surface area contributed by atoms with Crippen LogP contribution in [0.2, 0.25) is 0 Å². The summed E-state index contributed by atoms with van der Waals surface area (Å²) < 4.78 is 29.1. The minimum Gasteiger partial charge on any atom is -0.317 e. The van der Waals surface area contributed by atoms with E-state index in [0.717, 1.165) is 5.56 Å². The summed E-state index contributed by atoms with van der Waals surface area (Å²) >= 11 is 0. The van der Waals surface area contributed by atoms with E-state index >= 15 is 0 Å². The molecule has 0 aliphatic carbocycles. The maximum atomic E-state index is 12.4. The predicted molar refractivity (Wildman–Crippen MR) is 93.7 cm³/mol. The summed E-state index contributed by atoms with van der Waals surface area (Å²) in [5.74, 6) is 0.575. The molecule has 0 amide bonds. The molecule has 0 aliphatic heterocycles. The number of carbonyl (C=O) groups excluding carboxylic acids is 1. The molecule has 0 radical (unpaired) electrons. The van der Waals surface area contributed by atoms with Crippen molar-refractivity contribution in [3.63, 3.8) is 0 Å². The van der Waals surface area contributed by atoms with Gasteiger partial charge in [0.2, 0.25) is 0 Å². The van der Waals surface area contributed by atoms with E-state index in [9.17, 15) is 13.2 Å². The average Bonchev–Trinajstić information content (AvgIpc) is 3.01. The van der Waals surface area contributed by atoms with E-state index < -0.39 is 10.0 Å². The summed E-state index contributed by atoms with van der Waals surface area (Å²) in [7, 11) is -1.90. The molecule has 1 N–H and O–H groups in total. The number of benzene rings is 2. The van der Waals surface area contributed by atoms with Crippen LogP contribution < -0.4 is 4.72 Å². The fraction of sp³-hybridized carbons (Fsp3) is 0.118. The topological polar surface area (TPSA) is 93.9 Å². The third-order valence-corrected chi connectivity index (χ3v) is 5.08. The van der Waals surface area contributed by atoms with E-state index in [4.69, 9.17) is 0 Å². The molecule has 2 aromatic carbocycles. The van der Waals surface area contributed by atoms with E-state index in [0.29, 0.717) is 17.1 Å². The fourth-order valence-electron chi connectivity index (χ4n) is 2.31. The highest BCUT2D eigenvalue weighted by atomic mass is 32.2. The van der Waals surface area contributed by atoms with Crippen LogP contribution in [-0.2, 0) is 17.1 Å². The van der Waals surface area contributed by atoms with Crippen LogP contribution >= 0.6 is 0 Å². The standard InChI is InChI=1S/C17H16N4O3S/c1-12(22)13-5-9-16(10-6-13)25(23,24)20-15-7-3-14(4-8-15)17-19-18-11-21(17)2/h3-11,20H,1-2H3. The van der Waals surface area contributed by atoms with Crippen molar-refractivity contribution in [3.05, 3.63) is 60.4 Å². The number of ketones is 1. The van der Waals surface area contributed by atoms with Crippen molar-refractivity contribution in [2.75, 3.05) is 4.72 Å². The minimum absolute atomic E-state index is 0.0925. The number of rotatable bonds is 5. The Morgan fingerprint density at radius 1 is 1.04 bits per heavy atom. The van der Waals surface area contributed by atoms with Crippen LogP contribution in [0.1, 0.15) is 17.3 Å². The van der Waals surface area contributed by atoms with Gasteiger partial charge in [0.05, 0.1) is 4.90 Å². The van der Waals surface area contributed by atoms with Crippen LogP contribution in [0, 0.1) is 0 Å². The van der Waals surface area contributed by atoms with Crippen LogP contribution in [0.25, 0.3) is 11.4 Å². The highest BCUT2D eigenvalue weighted by molar-refractivity contribution is 7.92. The van der Waals surface area contributed by atoms with Crippen LogP contribution in [0.4, 0.5) is 5.69 Å². The summed E-state index contributed by atoms with van der Waals surface area (Å²) in [6.07, 6.45) is 1.59. The van der Waals surface area contributed by atoms with Gasteiger partial charge in [-0.3, -0.25) is 9.52 Å². The van der Waals surface area contributed by atoms with Crippen LogP contribution in [0.3, 0.4) is 0 Å². The Morgan fingerprint density at radius 2 is 1.68 bits per heavy atom. The number of anilines is 1. The van der Waals surface area contributed by atoms with Crippen LogP contribution in [0.15, 0.2) is 59.8 Å². The molecule has 1 aromatic heterocycles. The first-order valence-corrected chi connectivity index (χ1v) is 8.93. The van der Waals surface area contributed by atoms with Gasteiger partial charge < -0.3 is 4.57 Å². The van der Waals surface area contributed by atoms with Crippen molar-refractivity contribution in [1.29, 1.82) is 0 Å². The fourth-order valence-corrected chi connectivity index (χ4v) is 3.37. The number of nitrogens with zero attached hydrogens (tertiary/aromatic N) is 3. The Kier molecular flexibility index (Phi) is 4.37. The molecule has 0 fully saturated rings. The van der Waals surface area contributed by atoms with E-state index in [1.165, 1.54) is 31.2 Å². The second kappa shape index (κ2) is 6.48. The normalized spacial score (nSPS) is 11.3. The smallest absolute Gasteiger partial charge is 0.261 e.